The van der Waals surface area contributed by atoms with Crippen LogP contribution in [0, 0.1) is 11.3 Å². The molecule has 1 aliphatic carbocycles. The second-order valence-electron chi connectivity index (χ2n) is 4.47. The smallest absolute Gasteiger partial charge is 0.313 e. The molecule has 4 nitrogen and oxygen atoms in total. The summed E-state index contributed by atoms with van der Waals surface area (Å²) in [4.78, 5) is 22.4. The van der Waals surface area contributed by atoms with E-state index < -0.39 is 11.4 Å². The van der Waals surface area contributed by atoms with E-state index in [1.165, 1.54) is 0 Å². The van der Waals surface area contributed by atoms with Gasteiger partial charge in [0.25, 0.3) is 0 Å². The SMILES string of the molecule is C[C@]1(CC(=O)O)C(=O)O[C@@H]2C=CCC[C@@H]21. The van der Waals surface area contributed by atoms with Crippen LogP contribution in [0.1, 0.15) is 26.2 Å². The summed E-state index contributed by atoms with van der Waals surface area (Å²) < 4.78 is 5.19. The third-order valence-electron chi connectivity index (χ3n) is 3.41. The average molecular weight is 210 g/mol. The highest BCUT2D eigenvalue weighted by Crippen LogP contribution is 2.46. The summed E-state index contributed by atoms with van der Waals surface area (Å²) in [7, 11) is 0. The van der Waals surface area contributed by atoms with Gasteiger partial charge in [0.2, 0.25) is 0 Å². The fourth-order valence-electron chi connectivity index (χ4n) is 2.53. The van der Waals surface area contributed by atoms with Gasteiger partial charge in [0.1, 0.15) is 6.10 Å². The highest BCUT2D eigenvalue weighted by molar-refractivity contribution is 5.85. The molecule has 4 heteroatoms. The number of carboxylic acids is 1. The summed E-state index contributed by atoms with van der Waals surface area (Å²) in [6.07, 6.45) is 5.24. The number of allylic oxidation sites excluding steroid dienone is 1. The average Bonchev–Trinajstić information content (AvgIpc) is 2.39. The molecule has 0 saturated carbocycles. The van der Waals surface area contributed by atoms with Gasteiger partial charge in [0, 0.05) is 5.92 Å². The fourth-order valence-corrected chi connectivity index (χ4v) is 2.53. The van der Waals surface area contributed by atoms with Gasteiger partial charge in [0.15, 0.2) is 0 Å². The normalized spacial score (nSPS) is 38.6. The van der Waals surface area contributed by atoms with Gasteiger partial charge in [-0.1, -0.05) is 6.08 Å². The topological polar surface area (TPSA) is 63.6 Å². The predicted molar refractivity (Wildman–Crippen MR) is 52.1 cm³/mol. The summed E-state index contributed by atoms with van der Waals surface area (Å²) in [6.45, 7) is 1.70. The Morgan fingerprint density at radius 1 is 1.73 bits per heavy atom. The molecule has 1 saturated heterocycles. The molecule has 0 amide bonds. The van der Waals surface area contributed by atoms with Gasteiger partial charge in [-0.15, -0.1) is 0 Å². The lowest BCUT2D eigenvalue weighted by molar-refractivity contribution is -0.152. The van der Waals surface area contributed by atoms with Crippen molar-refractivity contribution in [2.24, 2.45) is 11.3 Å². The number of hydrogen-bond acceptors (Lipinski definition) is 3. The molecule has 0 spiro atoms. The number of carbonyl (C=O) groups is 2. The Balaban J connectivity index is 2.27. The fraction of sp³-hybridized carbons (Fsp3) is 0.636. The Kier molecular flexibility index (Phi) is 2.29. The van der Waals surface area contributed by atoms with Crippen LogP contribution in [0.25, 0.3) is 0 Å². The highest BCUT2D eigenvalue weighted by Gasteiger charge is 2.54. The van der Waals surface area contributed by atoms with E-state index in [0.717, 1.165) is 12.8 Å². The van der Waals surface area contributed by atoms with Crippen LogP contribution in [0.3, 0.4) is 0 Å². The summed E-state index contributed by atoms with van der Waals surface area (Å²) in [5.74, 6) is -1.29. The lowest BCUT2D eigenvalue weighted by atomic mass is 9.70. The number of fused-ring (bicyclic) bond motifs is 1. The minimum absolute atomic E-state index is 0.0195. The molecule has 1 aliphatic heterocycles. The maximum atomic E-state index is 11.7. The maximum Gasteiger partial charge on any atom is 0.313 e. The molecule has 1 heterocycles. The van der Waals surface area contributed by atoms with Crippen molar-refractivity contribution in [2.75, 3.05) is 0 Å². The lowest BCUT2D eigenvalue weighted by Gasteiger charge is -2.28. The van der Waals surface area contributed by atoms with E-state index in [1.54, 1.807) is 6.92 Å². The van der Waals surface area contributed by atoms with Gasteiger partial charge in [-0.25, -0.2) is 0 Å². The van der Waals surface area contributed by atoms with Crippen LogP contribution < -0.4 is 0 Å². The van der Waals surface area contributed by atoms with E-state index >= 15 is 0 Å². The molecule has 0 aromatic heterocycles. The first kappa shape index (κ1) is 10.2. The lowest BCUT2D eigenvalue weighted by Crippen LogP contribution is -2.34. The van der Waals surface area contributed by atoms with Crippen LogP contribution >= 0.6 is 0 Å². The quantitative estimate of drug-likeness (QED) is 0.552. The molecule has 1 N–H and O–H groups in total. The molecule has 2 aliphatic rings. The first-order valence-electron chi connectivity index (χ1n) is 5.13. The zero-order valence-corrected chi connectivity index (χ0v) is 8.60. The van der Waals surface area contributed by atoms with E-state index in [0.29, 0.717) is 0 Å². The third-order valence-corrected chi connectivity index (χ3v) is 3.41. The number of ether oxygens (including phenoxy) is 1. The van der Waals surface area contributed by atoms with E-state index in [-0.39, 0.29) is 24.4 Å². The minimum atomic E-state index is -0.940. The molecule has 0 aromatic carbocycles. The van der Waals surface area contributed by atoms with E-state index in [4.69, 9.17) is 9.84 Å². The van der Waals surface area contributed by atoms with Crippen LogP contribution in [0.4, 0.5) is 0 Å². The van der Waals surface area contributed by atoms with Gasteiger partial charge in [-0.05, 0) is 25.8 Å². The van der Waals surface area contributed by atoms with Crippen molar-refractivity contribution < 1.29 is 19.4 Å². The predicted octanol–water partition coefficient (Wildman–Crippen LogP) is 1.36. The molecular formula is C11H14O4. The van der Waals surface area contributed by atoms with Crippen LogP contribution in [0.15, 0.2) is 12.2 Å². The van der Waals surface area contributed by atoms with Crippen LogP contribution in [0.5, 0.6) is 0 Å². The van der Waals surface area contributed by atoms with Crippen molar-refractivity contribution in [3.63, 3.8) is 0 Å². The van der Waals surface area contributed by atoms with Crippen molar-refractivity contribution in [1.29, 1.82) is 0 Å². The summed E-state index contributed by atoms with van der Waals surface area (Å²) in [5, 5.41) is 8.82. The zero-order valence-electron chi connectivity index (χ0n) is 8.60. The molecular weight excluding hydrogens is 196 g/mol. The van der Waals surface area contributed by atoms with Gasteiger partial charge in [-0.3, -0.25) is 9.59 Å². The highest BCUT2D eigenvalue weighted by atomic mass is 16.6. The first-order chi connectivity index (χ1) is 7.04. The molecule has 1 fully saturated rings. The Morgan fingerprint density at radius 3 is 3.13 bits per heavy atom. The maximum absolute atomic E-state index is 11.7. The Labute approximate surface area is 87.9 Å². The number of hydrogen-bond donors (Lipinski definition) is 1. The van der Waals surface area contributed by atoms with E-state index in [1.807, 2.05) is 12.2 Å². The van der Waals surface area contributed by atoms with Gasteiger partial charge >= 0.3 is 11.9 Å². The Hall–Kier alpha value is -1.32. The number of carboxylic acid groups (broad SMARTS) is 1. The van der Waals surface area contributed by atoms with Crippen molar-refractivity contribution in [1.82, 2.24) is 0 Å². The third kappa shape index (κ3) is 1.54. The summed E-state index contributed by atoms with van der Waals surface area (Å²) in [5.41, 5.74) is -0.846. The zero-order chi connectivity index (χ0) is 11.1. The van der Waals surface area contributed by atoms with Gasteiger partial charge in [0.05, 0.1) is 11.8 Å². The molecule has 15 heavy (non-hydrogen) atoms. The van der Waals surface area contributed by atoms with Crippen molar-refractivity contribution >= 4 is 11.9 Å². The van der Waals surface area contributed by atoms with Crippen LogP contribution in [-0.2, 0) is 14.3 Å². The van der Waals surface area contributed by atoms with Crippen LogP contribution in [-0.4, -0.2) is 23.1 Å². The number of rotatable bonds is 2. The van der Waals surface area contributed by atoms with Gasteiger partial charge < -0.3 is 9.84 Å². The van der Waals surface area contributed by atoms with Crippen molar-refractivity contribution in [2.45, 2.75) is 32.3 Å². The Morgan fingerprint density at radius 2 is 2.47 bits per heavy atom. The molecule has 0 aromatic rings. The molecule has 0 radical (unpaired) electrons. The number of carbonyl (C=O) groups excluding carboxylic acids is 1. The minimum Gasteiger partial charge on any atom is -0.481 e. The first-order valence-corrected chi connectivity index (χ1v) is 5.13. The van der Waals surface area contributed by atoms with E-state index in [9.17, 15) is 9.59 Å². The van der Waals surface area contributed by atoms with Crippen molar-refractivity contribution in [3.8, 4) is 0 Å². The second-order valence-corrected chi connectivity index (χ2v) is 4.47. The molecule has 82 valence electrons. The van der Waals surface area contributed by atoms with Gasteiger partial charge in [-0.2, -0.15) is 0 Å². The molecule has 0 bridgehead atoms. The molecule has 2 rings (SSSR count). The standard InChI is InChI=1S/C11H14O4/c1-11(6-9(12)13)7-4-2-3-5-8(7)15-10(11)14/h3,5,7-8H,2,4,6H2,1H3,(H,12,13)/t7-,8+,11+/m0/s1. The largest absolute Gasteiger partial charge is 0.481 e. The summed E-state index contributed by atoms with van der Waals surface area (Å²) in [6, 6.07) is 0. The van der Waals surface area contributed by atoms with Crippen LogP contribution in [0.2, 0.25) is 0 Å². The summed E-state index contributed by atoms with van der Waals surface area (Å²) >= 11 is 0. The molecule has 0 unspecified atom stereocenters. The number of esters is 1. The second kappa shape index (κ2) is 3.36. The monoisotopic (exact) mass is 210 g/mol. The number of aliphatic carboxylic acids is 1. The Bertz CT molecular complexity index is 333. The van der Waals surface area contributed by atoms with E-state index in [2.05, 4.69) is 0 Å². The molecule has 3 atom stereocenters. The van der Waals surface area contributed by atoms with Crippen molar-refractivity contribution in [3.05, 3.63) is 12.2 Å².